The van der Waals surface area contributed by atoms with Gasteiger partial charge < -0.3 is 14.9 Å². The Hall–Kier alpha value is -1.96. The van der Waals surface area contributed by atoms with E-state index < -0.39 is 5.97 Å². The molecule has 1 aromatic rings. The number of rotatable bonds is 3. The third kappa shape index (κ3) is 2.26. The Labute approximate surface area is 96.7 Å². The number of ether oxygens (including phenoxy) is 1. The lowest BCUT2D eigenvalue weighted by molar-refractivity contribution is -0.117. The number of carbonyl (C=O) groups excluding carboxylic acids is 2. The van der Waals surface area contributed by atoms with Crippen LogP contribution in [-0.4, -0.2) is 41.3 Å². The highest BCUT2D eigenvalue weighted by Crippen LogP contribution is 2.19. The van der Waals surface area contributed by atoms with Crippen LogP contribution in [0.5, 0.6) is 0 Å². The number of hydrogen-bond acceptors (Lipinski definition) is 7. The quantitative estimate of drug-likeness (QED) is 0.696. The van der Waals surface area contributed by atoms with E-state index in [2.05, 4.69) is 14.9 Å². The van der Waals surface area contributed by atoms with E-state index in [1.807, 2.05) is 0 Å². The standard InChI is InChI=1S/C9H12N4O4/c1-2-16-8(15)7-11-12-9(17-7)13-4-5(10)3-6(13)14/h5H,2-4,10H2,1H3. The summed E-state index contributed by atoms with van der Waals surface area (Å²) in [5.41, 5.74) is 5.62. The van der Waals surface area contributed by atoms with Gasteiger partial charge in [-0.1, -0.05) is 10.2 Å². The highest BCUT2D eigenvalue weighted by molar-refractivity contribution is 5.94. The molecule has 92 valence electrons. The van der Waals surface area contributed by atoms with Gasteiger partial charge in [-0.3, -0.25) is 9.69 Å². The maximum Gasteiger partial charge on any atom is 0.396 e. The topological polar surface area (TPSA) is 112 Å². The molecule has 1 aromatic heterocycles. The van der Waals surface area contributed by atoms with Crippen LogP contribution in [0.3, 0.4) is 0 Å². The Morgan fingerprint density at radius 2 is 2.41 bits per heavy atom. The zero-order valence-electron chi connectivity index (χ0n) is 9.25. The molecule has 0 saturated carbocycles. The summed E-state index contributed by atoms with van der Waals surface area (Å²) < 4.78 is 9.74. The highest BCUT2D eigenvalue weighted by Gasteiger charge is 2.32. The Bertz CT molecular complexity index is 444. The number of carbonyl (C=O) groups is 2. The summed E-state index contributed by atoms with van der Waals surface area (Å²) in [4.78, 5) is 24.0. The van der Waals surface area contributed by atoms with Gasteiger partial charge in [-0.2, -0.15) is 0 Å². The second-order valence-corrected chi connectivity index (χ2v) is 3.58. The number of aromatic nitrogens is 2. The molecular weight excluding hydrogens is 228 g/mol. The molecule has 2 rings (SSSR count). The first kappa shape index (κ1) is 11.5. The van der Waals surface area contributed by atoms with E-state index in [1.165, 1.54) is 4.90 Å². The first-order valence-electron chi connectivity index (χ1n) is 5.18. The molecule has 17 heavy (non-hydrogen) atoms. The largest absolute Gasteiger partial charge is 0.459 e. The summed E-state index contributed by atoms with van der Waals surface area (Å²) in [6.07, 6.45) is 0.233. The number of nitrogens with two attached hydrogens (primary N) is 1. The molecule has 1 amide bonds. The maximum atomic E-state index is 11.5. The highest BCUT2D eigenvalue weighted by atomic mass is 16.5. The number of nitrogens with zero attached hydrogens (tertiary/aromatic N) is 3. The Kier molecular flexibility index (Phi) is 3.05. The molecule has 0 radical (unpaired) electrons. The lowest BCUT2D eigenvalue weighted by atomic mass is 10.3. The molecule has 1 unspecified atom stereocenters. The molecule has 0 aromatic carbocycles. The van der Waals surface area contributed by atoms with Crippen molar-refractivity contribution in [3.8, 4) is 0 Å². The molecule has 1 saturated heterocycles. The van der Waals surface area contributed by atoms with Crippen molar-refractivity contribution in [1.29, 1.82) is 0 Å². The van der Waals surface area contributed by atoms with Crippen molar-refractivity contribution in [2.45, 2.75) is 19.4 Å². The fraction of sp³-hybridized carbons (Fsp3) is 0.556. The van der Waals surface area contributed by atoms with Gasteiger partial charge in [0.15, 0.2) is 0 Å². The smallest absolute Gasteiger partial charge is 0.396 e. The van der Waals surface area contributed by atoms with Gasteiger partial charge >= 0.3 is 17.9 Å². The summed E-state index contributed by atoms with van der Waals surface area (Å²) in [7, 11) is 0. The average Bonchev–Trinajstić information content (AvgIpc) is 2.85. The third-order valence-electron chi connectivity index (χ3n) is 2.25. The van der Waals surface area contributed by atoms with Gasteiger partial charge in [0.25, 0.3) is 0 Å². The van der Waals surface area contributed by atoms with Crippen molar-refractivity contribution in [3.05, 3.63) is 5.89 Å². The van der Waals surface area contributed by atoms with Gasteiger partial charge in [-0.05, 0) is 6.92 Å². The minimum absolute atomic E-state index is 0.0222. The van der Waals surface area contributed by atoms with Gasteiger partial charge in [-0.25, -0.2) is 4.79 Å². The van der Waals surface area contributed by atoms with Crippen LogP contribution in [0.4, 0.5) is 6.01 Å². The van der Waals surface area contributed by atoms with Crippen LogP contribution >= 0.6 is 0 Å². The molecule has 1 aliphatic rings. The van der Waals surface area contributed by atoms with Crippen molar-refractivity contribution < 1.29 is 18.7 Å². The van der Waals surface area contributed by atoms with Gasteiger partial charge in [0.1, 0.15) is 0 Å². The third-order valence-corrected chi connectivity index (χ3v) is 2.25. The molecule has 2 heterocycles. The lowest BCUT2D eigenvalue weighted by Gasteiger charge is -2.08. The van der Waals surface area contributed by atoms with Gasteiger partial charge in [-0.15, -0.1) is 0 Å². The molecule has 2 N–H and O–H groups in total. The Morgan fingerprint density at radius 1 is 1.65 bits per heavy atom. The lowest BCUT2D eigenvalue weighted by Crippen LogP contribution is -2.28. The normalized spacial score (nSPS) is 19.8. The molecule has 0 aliphatic carbocycles. The zero-order chi connectivity index (χ0) is 12.4. The predicted molar refractivity (Wildman–Crippen MR) is 55.2 cm³/mol. The number of hydrogen-bond donors (Lipinski definition) is 1. The van der Waals surface area contributed by atoms with Crippen LogP contribution in [-0.2, 0) is 9.53 Å². The summed E-state index contributed by atoms with van der Waals surface area (Å²) in [5, 5.41) is 7.13. The molecule has 1 aliphatic heterocycles. The first-order valence-corrected chi connectivity index (χ1v) is 5.18. The van der Waals surface area contributed by atoms with Crippen molar-refractivity contribution >= 4 is 17.9 Å². The second kappa shape index (κ2) is 4.50. The molecule has 8 nitrogen and oxygen atoms in total. The van der Waals surface area contributed by atoms with Crippen molar-refractivity contribution in [1.82, 2.24) is 10.2 Å². The van der Waals surface area contributed by atoms with Crippen molar-refractivity contribution in [2.75, 3.05) is 18.1 Å². The summed E-state index contributed by atoms with van der Waals surface area (Å²) >= 11 is 0. The number of amides is 1. The number of esters is 1. The van der Waals surface area contributed by atoms with E-state index in [0.717, 1.165) is 0 Å². The maximum absolute atomic E-state index is 11.5. The second-order valence-electron chi connectivity index (χ2n) is 3.58. The van der Waals surface area contributed by atoms with Gasteiger partial charge in [0, 0.05) is 19.0 Å². The molecule has 8 heteroatoms. The summed E-state index contributed by atoms with van der Waals surface area (Å²) in [5.74, 6) is -1.17. The van der Waals surface area contributed by atoms with Gasteiger partial charge in [0.05, 0.1) is 6.61 Å². The van der Waals surface area contributed by atoms with E-state index >= 15 is 0 Å². The van der Waals surface area contributed by atoms with E-state index in [-0.39, 0.29) is 36.9 Å². The summed E-state index contributed by atoms with van der Waals surface area (Å²) in [6, 6.07) is -0.272. The molecule has 1 atom stereocenters. The average molecular weight is 240 g/mol. The van der Waals surface area contributed by atoms with Crippen molar-refractivity contribution in [2.24, 2.45) is 5.73 Å². The molecule has 0 spiro atoms. The fourth-order valence-corrected chi connectivity index (χ4v) is 1.52. The van der Waals surface area contributed by atoms with Crippen molar-refractivity contribution in [3.63, 3.8) is 0 Å². The fourth-order valence-electron chi connectivity index (χ4n) is 1.52. The van der Waals surface area contributed by atoms with E-state index in [4.69, 9.17) is 10.2 Å². The van der Waals surface area contributed by atoms with Crippen LogP contribution < -0.4 is 10.6 Å². The molecule has 0 bridgehead atoms. The Balaban J connectivity index is 2.13. The SMILES string of the molecule is CCOC(=O)c1nnc(N2CC(N)CC2=O)o1. The first-order chi connectivity index (χ1) is 8.11. The van der Waals surface area contributed by atoms with Crippen LogP contribution in [0.15, 0.2) is 4.42 Å². The minimum Gasteiger partial charge on any atom is -0.459 e. The van der Waals surface area contributed by atoms with Crippen LogP contribution in [0.25, 0.3) is 0 Å². The number of anilines is 1. The van der Waals surface area contributed by atoms with Gasteiger partial charge in [0.2, 0.25) is 5.91 Å². The zero-order valence-corrected chi connectivity index (χ0v) is 9.25. The van der Waals surface area contributed by atoms with Crippen LogP contribution in [0, 0.1) is 0 Å². The molecule has 1 fully saturated rings. The van der Waals surface area contributed by atoms with E-state index in [1.54, 1.807) is 6.92 Å². The monoisotopic (exact) mass is 240 g/mol. The minimum atomic E-state index is -0.706. The predicted octanol–water partition coefficient (Wildman–Crippen LogP) is -0.690. The molecular formula is C9H12N4O4. The van der Waals surface area contributed by atoms with E-state index in [0.29, 0.717) is 6.54 Å². The summed E-state index contributed by atoms with van der Waals surface area (Å²) in [6.45, 7) is 2.19. The van der Waals surface area contributed by atoms with Crippen LogP contribution in [0.2, 0.25) is 0 Å². The Morgan fingerprint density at radius 3 is 3.00 bits per heavy atom. The van der Waals surface area contributed by atoms with E-state index in [9.17, 15) is 9.59 Å². The van der Waals surface area contributed by atoms with Crippen LogP contribution in [0.1, 0.15) is 24.0 Å².